The Bertz CT molecular complexity index is 2520. The summed E-state index contributed by atoms with van der Waals surface area (Å²) in [7, 11) is -6.60. The first-order valence-corrected chi connectivity index (χ1v) is 23.5. The summed E-state index contributed by atoms with van der Waals surface area (Å²) in [5.74, 6) is 5.71. The third-order valence-corrected chi connectivity index (χ3v) is 13.5. The van der Waals surface area contributed by atoms with Crippen molar-refractivity contribution in [1.82, 2.24) is 40.5 Å². The van der Waals surface area contributed by atoms with Crippen molar-refractivity contribution in [3.63, 3.8) is 0 Å². The average Bonchev–Trinajstić information content (AvgIpc) is 4.00. The number of nitrogens with one attached hydrogen (secondary N) is 8. The predicted molar refractivity (Wildman–Crippen MR) is 230 cm³/mol. The summed E-state index contributed by atoms with van der Waals surface area (Å²) >= 11 is 0. The van der Waals surface area contributed by atoms with E-state index in [1.165, 1.54) is 12.1 Å². The normalized spacial score (nSPS) is 24.6. The molecule has 334 valence electrons. The number of aromatic amines is 2. The van der Waals surface area contributed by atoms with E-state index in [1.807, 2.05) is 45.9 Å². The summed E-state index contributed by atoms with van der Waals surface area (Å²) in [5.41, 5.74) is 2.83. The molecular formula is C40H52N10O10S2. The molecule has 4 aromatic rings. The summed E-state index contributed by atoms with van der Waals surface area (Å²) in [5, 5.41) is 26.4. The fraction of sp³-hybridized carbons (Fsp3) is 0.450. The van der Waals surface area contributed by atoms with Crippen molar-refractivity contribution < 1.29 is 46.0 Å². The van der Waals surface area contributed by atoms with Gasteiger partial charge in [0.1, 0.15) is 17.1 Å². The van der Waals surface area contributed by atoms with Crippen molar-refractivity contribution in [3.05, 3.63) is 59.9 Å². The quantitative estimate of drug-likeness (QED) is 0.0855. The second-order valence-corrected chi connectivity index (χ2v) is 19.8. The van der Waals surface area contributed by atoms with Gasteiger partial charge in [-0.25, -0.2) is 36.5 Å². The SMILES string of the molecule is C=S1(=O)NC(C)Oc2c(Nc3cc([C@H]4CC[C@@H](OC(=O)NC(C)C)C4)[nH]n3)cccc21.CC(C)NC(=O)OC1CC[C@H](c2cc(Nc3cccc4c3OC(=O)NS4(=O)=O)n[nH]2)C1. The van der Waals surface area contributed by atoms with Crippen LogP contribution in [0.5, 0.6) is 11.5 Å². The molecular weight excluding hydrogens is 845 g/mol. The molecule has 20 nitrogen and oxygen atoms in total. The van der Waals surface area contributed by atoms with E-state index in [-0.39, 0.29) is 52.9 Å². The summed E-state index contributed by atoms with van der Waals surface area (Å²) in [6, 6.07) is 13.7. The van der Waals surface area contributed by atoms with E-state index >= 15 is 0 Å². The van der Waals surface area contributed by atoms with Gasteiger partial charge in [-0.3, -0.25) is 10.2 Å². The number of carbonyl (C=O) groups is 3. The van der Waals surface area contributed by atoms with Crippen LogP contribution in [0.2, 0.25) is 0 Å². The maximum Gasteiger partial charge on any atom is 0.426 e. The number of ether oxygens (including phenoxy) is 4. The van der Waals surface area contributed by atoms with Crippen molar-refractivity contribution in [3.8, 4) is 11.5 Å². The Kier molecular flexibility index (Phi) is 12.9. The topological polar surface area (TPSA) is 269 Å². The van der Waals surface area contributed by atoms with Gasteiger partial charge in [0, 0.05) is 47.4 Å². The van der Waals surface area contributed by atoms with Crippen LogP contribution in [0.15, 0.2) is 58.3 Å². The number of anilines is 4. The summed E-state index contributed by atoms with van der Waals surface area (Å²) in [6.07, 6.45) is 2.22. The lowest BCUT2D eigenvalue weighted by atomic mass is 10.0. The van der Waals surface area contributed by atoms with E-state index in [0.29, 0.717) is 40.1 Å². The minimum absolute atomic E-state index is 0.0136. The smallest absolute Gasteiger partial charge is 0.426 e. The van der Waals surface area contributed by atoms with Crippen molar-refractivity contribution in [2.45, 2.75) is 125 Å². The van der Waals surface area contributed by atoms with Gasteiger partial charge < -0.3 is 40.2 Å². The lowest BCUT2D eigenvalue weighted by Gasteiger charge is -2.29. The zero-order valence-corrected chi connectivity index (χ0v) is 36.5. The number of sulfonamides is 1. The Hall–Kier alpha value is -6.00. The van der Waals surface area contributed by atoms with Gasteiger partial charge in [-0.1, -0.05) is 12.1 Å². The molecule has 62 heavy (non-hydrogen) atoms. The van der Waals surface area contributed by atoms with E-state index in [1.54, 1.807) is 29.8 Å². The highest BCUT2D eigenvalue weighted by molar-refractivity contribution is 7.98. The molecule has 0 bridgehead atoms. The number of rotatable bonds is 10. The summed E-state index contributed by atoms with van der Waals surface area (Å²) in [4.78, 5) is 35.6. The van der Waals surface area contributed by atoms with Crippen LogP contribution in [-0.4, -0.2) is 87.7 Å². The lowest BCUT2D eigenvalue weighted by Crippen LogP contribution is -2.40. The van der Waals surface area contributed by atoms with Crippen molar-refractivity contribution in [2.24, 2.45) is 0 Å². The van der Waals surface area contributed by atoms with Crippen LogP contribution in [0.4, 0.5) is 37.4 Å². The first kappa shape index (κ1) is 44.1. The number of amides is 3. The molecule has 0 spiro atoms. The number of aromatic nitrogens is 4. The minimum Gasteiger partial charge on any atom is -0.471 e. The van der Waals surface area contributed by atoms with Gasteiger partial charge in [0.15, 0.2) is 29.4 Å². The maximum atomic E-state index is 12.8. The van der Waals surface area contributed by atoms with Crippen LogP contribution < -0.4 is 40.2 Å². The molecule has 3 amide bonds. The van der Waals surface area contributed by atoms with E-state index in [4.69, 9.17) is 18.9 Å². The summed E-state index contributed by atoms with van der Waals surface area (Å²) < 4.78 is 63.6. The number of hydrogen-bond acceptors (Lipinski definition) is 14. The Morgan fingerprint density at radius 2 is 1.27 bits per heavy atom. The molecule has 0 saturated heterocycles. The molecule has 2 aliphatic heterocycles. The molecule has 2 aliphatic carbocycles. The molecule has 2 aromatic carbocycles. The maximum absolute atomic E-state index is 12.8. The van der Waals surface area contributed by atoms with Gasteiger partial charge in [-0.05, 0) is 103 Å². The Labute approximate surface area is 359 Å². The number of carbonyl (C=O) groups excluding carboxylic acids is 3. The zero-order valence-electron chi connectivity index (χ0n) is 34.9. The van der Waals surface area contributed by atoms with Crippen LogP contribution >= 0.6 is 0 Å². The molecule has 0 radical (unpaired) electrons. The largest absolute Gasteiger partial charge is 0.471 e. The molecule has 8 rings (SSSR count). The fourth-order valence-corrected chi connectivity index (χ4v) is 10.2. The van der Waals surface area contributed by atoms with Gasteiger partial charge in [0.25, 0.3) is 10.0 Å². The van der Waals surface area contributed by atoms with Gasteiger partial charge in [0.2, 0.25) is 0 Å². The molecule has 2 aromatic heterocycles. The van der Waals surface area contributed by atoms with Gasteiger partial charge in [-0.2, -0.15) is 10.2 Å². The number of H-pyrrole nitrogens is 2. The third-order valence-electron chi connectivity index (χ3n) is 10.4. The first-order chi connectivity index (χ1) is 29.4. The number of nitrogens with zero attached hydrogens (tertiary/aromatic N) is 2. The number of benzene rings is 2. The monoisotopic (exact) mass is 896 g/mol. The highest BCUT2D eigenvalue weighted by atomic mass is 32.2. The van der Waals surface area contributed by atoms with Gasteiger partial charge in [0.05, 0.1) is 26.0 Å². The van der Waals surface area contributed by atoms with E-state index in [9.17, 15) is 27.0 Å². The van der Waals surface area contributed by atoms with Crippen molar-refractivity contribution in [1.29, 1.82) is 0 Å². The van der Waals surface area contributed by atoms with Crippen LogP contribution in [-0.2, 0) is 29.2 Å². The van der Waals surface area contributed by atoms with Crippen LogP contribution in [0.3, 0.4) is 0 Å². The standard InChI is InChI=1S/C21H29N5O4S.C19H23N5O6S/c1-12(2)22-21(27)30-15-9-8-14(10-15)17-11-19(25-24-17)23-16-6-5-7-18-20(16)29-13(3)26-31(18,4)28;1-10(2)20-18(25)29-12-7-6-11(8-12)14-9-16(23-22-14)21-13-4-3-5-15-17(13)30-19(26)24-31(15,27)28/h5-7,11-15H,4,8-10H2,1-3H3,(H,22,27)(H,26,28)(H2,23,24,25);3-5,9-12H,6-8H2,1-2H3,(H,20,25)(H,24,26)(H2,21,22,23)/t13?,14-,15+,31?;11-,12?/m00/s1. The Morgan fingerprint density at radius 3 is 1.79 bits per heavy atom. The van der Waals surface area contributed by atoms with E-state index in [0.717, 1.165) is 43.5 Å². The number of alkyl carbamates (subject to hydrolysis) is 2. The van der Waals surface area contributed by atoms with Crippen molar-refractivity contribution in [2.75, 3.05) is 10.6 Å². The van der Waals surface area contributed by atoms with Gasteiger partial charge in [-0.15, -0.1) is 0 Å². The van der Waals surface area contributed by atoms with Gasteiger partial charge >= 0.3 is 18.3 Å². The lowest BCUT2D eigenvalue weighted by molar-refractivity contribution is 0.0972. The second-order valence-electron chi connectivity index (χ2n) is 16.2. The third kappa shape index (κ3) is 10.5. The minimum atomic E-state index is -3.98. The highest BCUT2D eigenvalue weighted by Gasteiger charge is 2.34. The number of fused-ring (bicyclic) bond motifs is 2. The average molecular weight is 897 g/mol. The molecule has 2 fully saturated rings. The fourth-order valence-electron chi connectivity index (χ4n) is 7.73. The summed E-state index contributed by atoms with van der Waals surface area (Å²) in [6.45, 7) is 9.33. The van der Waals surface area contributed by atoms with Crippen LogP contribution in [0.1, 0.15) is 96.4 Å². The van der Waals surface area contributed by atoms with E-state index in [2.05, 4.69) is 52.3 Å². The number of para-hydroxylation sites is 2. The molecule has 3 unspecified atom stereocenters. The van der Waals surface area contributed by atoms with E-state index < -0.39 is 38.1 Å². The molecule has 4 heterocycles. The Morgan fingerprint density at radius 1 is 0.774 bits per heavy atom. The number of hydrogen-bond donors (Lipinski definition) is 8. The Balaban J connectivity index is 0.000000186. The second kappa shape index (κ2) is 18.2. The van der Waals surface area contributed by atoms with Crippen molar-refractivity contribution >= 4 is 66.9 Å². The molecule has 8 N–H and O–H groups in total. The molecule has 6 atom stereocenters. The zero-order chi connectivity index (χ0) is 44.3. The van der Waals surface area contributed by atoms with Crippen LogP contribution in [0.25, 0.3) is 0 Å². The predicted octanol–water partition coefficient (Wildman–Crippen LogP) is 5.96. The molecule has 22 heteroatoms. The molecule has 2 saturated carbocycles. The first-order valence-electron chi connectivity index (χ1n) is 20.3. The molecule has 4 aliphatic rings. The highest BCUT2D eigenvalue weighted by Crippen LogP contribution is 2.41. The van der Waals surface area contributed by atoms with Crippen LogP contribution in [0, 0.1) is 0 Å².